The molecule has 0 bridgehead atoms. The minimum atomic E-state index is -4.54. The number of thioether (sulfide) groups is 1. The summed E-state index contributed by atoms with van der Waals surface area (Å²) in [6.07, 6.45) is -4.54. The van der Waals surface area contributed by atoms with Crippen molar-refractivity contribution < 1.29 is 22.7 Å². The predicted octanol–water partition coefficient (Wildman–Crippen LogP) is 9.73. The highest BCUT2D eigenvalue weighted by molar-refractivity contribution is 7.99. The number of alkyl halides is 3. The van der Waals surface area contributed by atoms with Crippen molar-refractivity contribution in [3.63, 3.8) is 0 Å². The van der Waals surface area contributed by atoms with Crippen LogP contribution in [-0.4, -0.2) is 55.9 Å². The minimum absolute atomic E-state index is 0.0155. The zero-order valence-corrected chi connectivity index (χ0v) is 30.5. The van der Waals surface area contributed by atoms with Crippen LogP contribution in [0.5, 0.6) is 5.75 Å². The Morgan fingerprint density at radius 3 is 2.31 bits per heavy atom. The van der Waals surface area contributed by atoms with E-state index >= 15 is 0 Å². The fourth-order valence-electron chi connectivity index (χ4n) is 6.10. The second-order valence-corrected chi connectivity index (χ2v) is 14.3. The molecule has 5 aromatic carbocycles. The maximum absolute atomic E-state index is 13.9. The van der Waals surface area contributed by atoms with Crippen LogP contribution in [0.15, 0.2) is 131 Å². The molecule has 11 heteroatoms. The van der Waals surface area contributed by atoms with Gasteiger partial charge in [-0.15, -0.1) is 11.8 Å². The lowest BCUT2D eigenvalue weighted by molar-refractivity contribution is -0.137. The molecule has 1 fully saturated rings. The van der Waals surface area contributed by atoms with E-state index in [0.29, 0.717) is 29.4 Å². The average Bonchev–Trinajstić information content (AvgIpc) is 3.17. The number of rotatable bonds is 14. The number of nitrogens with one attached hydrogen (secondary N) is 2. The van der Waals surface area contributed by atoms with Gasteiger partial charge in [-0.1, -0.05) is 54.6 Å². The molecule has 1 heterocycles. The summed E-state index contributed by atoms with van der Waals surface area (Å²) in [6.45, 7) is 7.32. The summed E-state index contributed by atoms with van der Waals surface area (Å²) in [5.41, 5.74) is 4.33. The number of amides is 1. The summed E-state index contributed by atoms with van der Waals surface area (Å²) < 4.78 is 50.2. The molecular weight excluding hydrogens is 702 g/mol. The van der Waals surface area contributed by atoms with Crippen LogP contribution in [0.2, 0.25) is 0 Å². The first-order valence-electron chi connectivity index (χ1n) is 17.3. The number of hydrogen-bond acceptors (Lipinski definition) is 7. The van der Waals surface area contributed by atoms with Crippen molar-refractivity contribution in [1.82, 2.24) is 9.62 Å². The van der Waals surface area contributed by atoms with Gasteiger partial charge < -0.3 is 15.0 Å². The smallest absolute Gasteiger partial charge is 0.418 e. The van der Waals surface area contributed by atoms with Gasteiger partial charge in [-0.3, -0.25) is 14.4 Å². The van der Waals surface area contributed by atoms with E-state index < -0.39 is 11.7 Å². The van der Waals surface area contributed by atoms with Gasteiger partial charge in [0, 0.05) is 71.8 Å². The number of carbonyl (C=O) groups excluding carboxylic acids is 1. The van der Waals surface area contributed by atoms with Gasteiger partial charge in [0.05, 0.1) is 12.2 Å². The van der Waals surface area contributed by atoms with Gasteiger partial charge in [0.25, 0.3) is 5.91 Å². The third-order valence-corrected chi connectivity index (χ3v) is 10.5. The normalized spacial score (nSPS) is 13.5. The summed E-state index contributed by atoms with van der Waals surface area (Å²) in [6, 6.07) is 37.9. The highest BCUT2D eigenvalue weighted by Gasteiger charge is 2.34. The number of carbonyl (C=O) groups is 1. The van der Waals surface area contributed by atoms with E-state index in [9.17, 15) is 18.0 Å². The number of hydrogen-bond donors (Lipinski definition) is 2. The summed E-state index contributed by atoms with van der Waals surface area (Å²) in [4.78, 5) is 19.1. The number of halogens is 3. The van der Waals surface area contributed by atoms with E-state index in [1.807, 2.05) is 61.5 Å². The summed E-state index contributed by atoms with van der Waals surface area (Å²) in [7, 11) is 0. The molecule has 0 saturated carbocycles. The standard InChI is InChI=1S/C41H41F3N4O2S2/c1-2-50-34-11-8-10-31(27-34)37-14-7-6-9-32(37)29-47-22-24-48(25-23-47)33-17-15-30(16-18-33)40(49)46-52-36-19-20-39(38(28-36)41(42,43)44)45-21-26-51-35-12-4-3-5-13-35/h3-20,27-28,45H,2,21-26,29H2,1H3,(H,46,49). The molecule has 6 nitrogen and oxygen atoms in total. The van der Waals surface area contributed by atoms with E-state index in [1.165, 1.54) is 17.2 Å². The van der Waals surface area contributed by atoms with E-state index in [1.54, 1.807) is 30.0 Å². The third kappa shape index (κ3) is 10.1. The first kappa shape index (κ1) is 37.2. The second kappa shape index (κ2) is 17.8. The first-order chi connectivity index (χ1) is 25.3. The molecule has 1 saturated heterocycles. The van der Waals surface area contributed by atoms with Gasteiger partial charge in [0.2, 0.25) is 0 Å². The van der Waals surface area contributed by atoms with Crippen LogP contribution < -0.4 is 19.7 Å². The molecular formula is C41H41F3N4O2S2. The molecule has 270 valence electrons. The van der Waals surface area contributed by atoms with Crippen LogP contribution in [0.3, 0.4) is 0 Å². The zero-order valence-electron chi connectivity index (χ0n) is 28.9. The monoisotopic (exact) mass is 742 g/mol. The van der Waals surface area contributed by atoms with Gasteiger partial charge in [0.1, 0.15) is 5.75 Å². The van der Waals surface area contributed by atoms with Gasteiger partial charge in [-0.2, -0.15) is 13.2 Å². The predicted molar refractivity (Wildman–Crippen MR) is 207 cm³/mol. The molecule has 1 aliphatic rings. The highest BCUT2D eigenvalue weighted by atomic mass is 32.2. The number of ether oxygens (including phenoxy) is 1. The van der Waals surface area contributed by atoms with Crippen molar-refractivity contribution in [2.75, 3.05) is 55.3 Å². The maximum Gasteiger partial charge on any atom is 0.418 e. The average molecular weight is 743 g/mol. The van der Waals surface area contributed by atoms with E-state index in [2.05, 4.69) is 56.2 Å². The highest BCUT2D eigenvalue weighted by Crippen LogP contribution is 2.37. The molecule has 0 unspecified atom stereocenters. The van der Waals surface area contributed by atoms with Gasteiger partial charge >= 0.3 is 6.18 Å². The topological polar surface area (TPSA) is 56.8 Å². The largest absolute Gasteiger partial charge is 0.494 e. The Bertz CT molecular complexity index is 1920. The van der Waals surface area contributed by atoms with Crippen LogP contribution in [0, 0.1) is 0 Å². The van der Waals surface area contributed by atoms with E-state index in [4.69, 9.17) is 4.74 Å². The molecule has 0 aliphatic carbocycles. The summed E-state index contributed by atoms with van der Waals surface area (Å²) >= 11 is 2.44. The lowest BCUT2D eigenvalue weighted by atomic mass is 9.99. The lowest BCUT2D eigenvalue weighted by Gasteiger charge is -2.36. The Kier molecular flexibility index (Phi) is 12.7. The van der Waals surface area contributed by atoms with Gasteiger partial charge in [-0.25, -0.2) is 0 Å². The Hall–Kier alpha value is -4.58. The molecule has 1 amide bonds. The van der Waals surface area contributed by atoms with Crippen molar-refractivity contribution in [2.45, 2.75) is 29.4 Å². The van der Waals surface area contributed by atoms with Crippen molar-refractivity contribution in [3.8, 4) is 16.9 Å². The quantitative estimate of drug-likeness (QED) is 0.0668. The number of anilines is 2. The molecule has 0 radical (unpaired) electrons. The number of nitrogens with zero attached hydrogens (tertiary/aromatic N) is 2. The fraction of sp³-hybridized carbons (Fsp3) is 0.244. The molecule has 5 aromatic rings. The second-order valence-electron chi connectivity index (χ2n) is 12.3. The van der Waals surface area contributed by atoms with Crippen molar-refractivity contribution in [3.05, 3.63) is 138 Å². The molecule has 0 aromatic heterocycles. The molecule has 0 atom stereocenters. The van der Waals surface area contributed by atoms with E-state index in [0.717, 1.165) is 72.6 Å². The SMILES string of the molecule is CCOc1cccc(-c2ccccc2CN2CCN(c3ccc(C(=O)NSc4ccc(NCCSc5ccccc5)c(C(F)(F)F)c4)cc3)CC2)c1. The third-order valence-electron chi connectivity index (χ3n) is 8.72. The molecule has 6 rings (SSSR count). The Balaban J connectivity index is 0.991. The number of piperazine rings is 1. The minimum Gasteiger partial charge on any atom is -0.494 e. The maximum atomic E-state index is 13.9. The zero-order chi connectivity index (χ0) is 36.3. The summed E-state index contributed by atoms with van der Waals surface area (Å²) in [5, 5.41) is 2.92. The Morgan fingerprint density at radius 1 is 0.808 bits per heavy atom. The molecule has 2 N–H and O–H groups in total. The van der Waals surface area contributed by atoms with Crippen LogP contribution in [0.1, 0.15) is 28.4 Å². The Morgan fingerprint density at radius 2 is 1.56 bits per heavy atom. The van der Waals surface area contributed by atoms with E-state index in [-0.39, 0.29) is 11.6 Å². The van der Waals surface area contributed by atoms with Crippen LogP contribution in [0.4, 0.5) is 24.5 Å². The van der Waals surface area contributed by atoms with Gasteiger partial charge in [-0.05, 0) is 102 Å². The van der Waals surface area contributed by atoms with Gasteiger partial charge in [0.15, 0.2) is 0 Å². The van der Waals surface area contributed by atoms with Crippen molar-refractivity contribution in [1.29, 1.82) is 0 Å². The number of benzene rings is 5. The van der Waals surface area contributed by atoms with Crippen molar-refractivity contribution >= 4 is 41.0 Å². The Labute approximate surface area is 311 Å². The lowest BCUT2D eigenvalue weighted by Crippen LogP contribution is -2.46. The van der Waals surface area contributed by atoms with Crippen LogP contribution >= 0.6 is 23.7 Å². The summed E-state index contributed by atoms with van der Waals surface area (Å²) in [5.74, 6) is 1.11. The fourth-order valence-corrected chi connectivity index (χ4v) is 7.53. The van der Waals surface area contributed by atoms with Crippen LogP contribution in [0.25, 0.3) is 11.1 Å². The molecule has 52 heavy (non-hydrogen) atoms. The molecule has 1 aliphatic heterocycles. The van der Waals surface area contributed by atoms with Crippen molar-refractivity contribution in [2.24, 2.45) is 0 Å². The first-order valence-corrected chi connectivity index (χ1v) is 19.1. The molecule has 0 spiro atoms. The van der Waals surface area contributed by atoms with Crippen LogP contribution in [-0.2, 0) is 12.7 Å².